The van der Waals surface area contributed by atoms with Crippen LogP contribution < -0.4 is 15.0 Å². The lowest BCUT2D eigenvalue weighted by atomic mass is 9.97. The summed E-state index contributed by atoms with van der Waals surface area (Å²) in [5, 5.41) is 10.9. The number of H-pyrrole nitrogens is 1. The number of nitrogens with zero attached hydrogens (tertiary/aromatic N) is 2. The normalized spacial score (nSPS) is 13.6. The molecule has 0 radical (unpaired) electrons. The van der Waals surface area contributed by atoms with Crippen molar-refractivity contribution < 1.29 is 9.47 Å². The summed E-state index contributed by atoms with van der Waals surface area (Å²) < 4.78 is 11.4. The lowest BCUT2D eigenvalue weighted by Gasteiger charge is -2.14. The largest absolute Gasteiger partial charge is 0.490 e. The standard InChI is InChI=1S/C24H24ClN3O3S/c1-3-9-31-21-17(25)11-14(12-18(21)30-4-2)10-15(13-26)22-27-23(29)20-16-7-5-6-8-19(16)32-24(20)28-22/h10-12H,3-9H2,1-2H3,(H,27,28,29)/b15-10+. The molecule has 1 aliphatic rings. The Kier molecular flexibility index (Phi) is 6.83. The Labute approximate surface area is 195 Å². The van der Waals surface area contributed by atoms with E-state index in [2.05, 4.69) is 16.0 Å². The molecule has 32 heavy (non-hydrogen) atoms. The maximum absolute atomic E-state index is 12.9. The van der Waals surface area contributed by atoms with Crippen molar-refractivity contribution in [1.29, 1.82) is 5.26 Å². The number of aryl methyl sites for hydroxylation is 2. The monoisotopic (exact) mass is 469 g/mol. The van der Waals surface area contributed by atoms with Gasteiger partial charge in [-0.3, -0.25) is 4.79 Å². The number of allylic oxidation sites excluding steroid dienone is 1. The first kappa shape index (κ1) is 22.4. The van der Waals surface area contributed by atoms with Gasteiger partial charge in [0, 0.05) is 4.88 Å². The van der Waals surface area contributed by atoms with E-state index in [4.69, 9.17) is 21.1 Å². The van der Waals surface area contributed by atoms with E-state index in [9.17, 15) is 10.1 Å². The topological polar surface area (TPSA) is 88.0 Å². The highest BCUT2D eigenvalue weighted by Gasteiger charge is 2.21. The number of nitrogens with one attached hydrogen (secondary N) is 1. The fourth-order valence-corrected chi connectivity index (χ4v) is 5.43. The van der Waals surface area contributed by atoms with Crippen molar-refractivity contribution in [1.82, 2.24) is 9.97 Å². The van der Waals surface area contributed by atoms with Crippen LogP contribution in [0.4, 0.5) is 0 Å². The highest BCUT2D eigenvalue weighted by molar-refractivity contribution is 7.18. The maximum atomic E-state index is 12.9. The highest BCUT2D eigenvalue weighted by Crippen LogP contribution is 2.38. The van der Waals surface area contributed by atoms with Crippen molar-refractivity contribution in [3.8, 4) is 17.6 Å². The zero-order valence-electron chi connectivity index (χ0n) is 18.1. The lowest BCUT2D eigenvalue weighted by molar-refractivity contribution is 0.277. The van der Waals surface area contributed by atoms with Crippen LogP contribution in [0.1, 0.15) is 54.9 Å². The molecule has 0 spiro atoms. The number of ether oxygens (including phenoxy) is 2. The lowest BCUT2D eigenvalue weighted by Crippen LogP contribution is -2.12. The second-order valence-corrected chi connectivity index (χ2v) is 9.08. The van der Waals surface area contributed by atoms with Gasteiger partial charge in [-0.25, -0.2) is 4.98 Å². The molecular formula is C24H24ClN3O3S. The third-order valence-corrected chi connectivity index (χ3v) is 6.76. The van der Waals surface area contributed by atoms with Crippen LogP contribution in [-0.4, -0.2) is 23.2 Å². The van der Waals surface area contributed by atoms with Crippen LogP contribution in [0.3, 0.4) is 0 Å². The summed E-state index contributed by atoms with van der Waals surface area (Å²) in [6.07, 6.45) is 6.60. The molecule has 1 aliphatic carbocycles. The third kappa shape index (κ3) is 4.38. The van der Waals surface area contributed by atoms with Gasteiger partial charge in [-0.2, -0.15) is 5.26 Å². The first-order valence-electron chi connectivity index (χ1n) is 10.8. The van der Waals surface area contributed by atoms with Gasteiger partial charge >= 0.3 is 0 Å². The number of nitriles is 1. The second kappa shape index (κ2) is 9.76. The van der Waals surface area contributed by atoms with E-state index in [-0.39, 0.29) is 17.0 Å². The third-order valence-electron chi connectivity index (χ3n) is 5.29. The minimum atomic E-state index is -0.193. The average Bonchev–Trinajstić information content (AvgIpc) is 3.16. The molecular weight excluding hydrogens is 446 g/mol. The second-order valence-electron chi connectivity index (χ2n) is 7.59. The molecule has 0 aliphatic heterocycles. The summed E-state index contributed by atoms with van der Waals surface area (Å²) in [6.45, 7) is 4.87. The summed E-state index contributed by atoms with van der Waals surface area (Å²) in [7, 11) is 0. The Morgan fingerprint density at radius 1 is 1.31 bits per heavy atom. The number of aromatic amines is 1. The van der Waals surface area contributed by atoms with Crippen molar-refractivity contribution in [2.75, 3.05) is 13.2 Å². The van der Waals surface area contributed by atoms with Crippen LogP contribution in [0.15, 0.2) is 16.9 Å². The number of benzene rings is 1. The molecule has 8 heteroatoms. The number of halogens is 1. The summed E-state index contributed by atoms with van der Waals surface area (Å²) in [5.41, 5.74) is 1.83. The van der Waals surface area contributed by atoms with Gasteiger partial charge in [0.2, 0.25) is 0 Å². The molecule has 0 unspecified atom stereocenters. The molecule has 2 heterocycles. The zero-order valence-corrected chi connectivity index (χ0v) is 19.7. The van der Waals surface area contributed by atoms with Gasteiger partial charge < -0.3 is 14.5 Å². The Hall–Kier alpha value is -2.82. The molecule has 0 saturated carbocycles. The molecule has 0 saturated heterocycles. The van der Waals surface area contributed by atoms with Gasteiger partial charge in [-0.1, -0.05) is 18.5 Å². The Balaban J connectivity index is 1.77. The minimum Gasteiger partial charge on any atom is -0.490 e. The molecule has 1 aromatic carbocycles. The van der Waals surface area contributed by atoms with E-state index in [1.54, 1.807) is 29.5 Å². The molecule has 0 atom stereocenters. The molecule has 0 bridgehead atoms. The number of hydrogen-bond acceptors (Lipinski definition) is 6. The molecule has 3 aromatic rings. The molecule has 6 nitrogen and oxygen atoms in total. The van der Waals surface area contributed by atoms with Gasteiger partial charge in [0.1, 0.15) is 10.9 Å². The first-order chi connectivity index (χ1) is 15.5. The summed E-state index contributed by atoms with van der Waals surface area (Å²) in [6, 6.07) is 5.65. The van der Waals surface area contributed by atoms with E-state index in [1.807, 2.05) is 13.8 Å². The number of hydrogen-bond donors (Lipinski definition) is 1. The minimum absolute atomic E-state index is 0.193. The van der Waals surface area contributed by atoms with E-state index < -0.39 is 0 Å². The zero-order chi connectivity index (χ0) is 22.7. The van der Waals surface area contributed by atoms with Gasteiger partial charge in [-0.15, -0.1) is 11.3 Å². The van der Waals surface area contributed by atoms with Crippen LogP contribution in [-0.2, 0) is 12.8 Å². The van der Waals surface area contributed by atoms with Gasteiger partial charge in [0.25, 0.3) is 5.56 Å². The molecule has 1 N–H and O–H groups in total. The van der Waals surface area contributed by atoms with Gasteiger partial charge in [0.15, 0.2) is 17.3 Å². The summed E-state index contributed by atoms with van der Waals surface area (Å²) >= 11 is 8.01. The fraction of sp³-hybridized carbons (Fsp3) is 0.375. The van der Waals surface area contributed by atoms with Crippen molar-refractivity contribution in [3.05, 3.63) is 49.3 Å². The maximum Gasteiger partial charge on any atom is 0.260 e. The number of fused-ring (bicyclic) bond motifs is 3. The number of thiophene rings is 1. The SMILES string of the molecule is CCCOc1c(Cl)cc(/C=C(\C#N)c2nc3sc4c(c3c(=O)[nH]2)CCCC4)cc1OCC. The van der Waals surface area contributed by atoms with E-state index in [1.165, 1.54) is 4.88 Å². The first-order valence-corrected chi connectivity index (χ1v) is 12.0. The predicted molar refractivity (Wildman–Crippen MR) is 129 cm³/mol. The van der Waals surface area contributed by atoms with Crippen molar-refractivity contribution >= 4 is 44.8 Å². The van der Waals surface area contributed by atoms with Crippen LogP contribution in [0.2, 0.25) is 5.02 Å². The molecule has 4 rings (SSSR count). The van der Waals surface area contributed by atoms with Crippen molar-refractivity contribution in [3.63, 3.8) is 0 Å². The quantitative estimate of drug-likeness (QED) is 0.444. The number of rotatable bonds is 7. The predicted octanol–water partition coefficient (Wildman–Crippen LogP) is 5.77. The van der Waals surface area contributed by atoms with Gasteiger partial charge in [0.05, 0.1) is 29.2 Å². The van der Waals surface area contributed by atoms with E-state index in [0.717, 1.165) is 37.7 Å². The molecule has 0 fully saturated rings. The molecule has 2 aromatic heterocycles. The molecule has 0 amide bonds. The Morgan fingerprint density at radius 3 is 2.88 bits per heavy atom. The smallest absolute Gasteiger partial charge is 0.260 e. The molecule has 166 valence electrons. The van der Waals surface area contributed by atoms with Crippen LogP contribution in [0.25, 0.3) is 21.9 Å². The van der Waals surface area contributed by atoms with Crippen molar-refractivity contribution in [2.45, 2.75) is 46.0 Å². The van der Waals surface area contributed by atoms with E-state index >= 15 is 0 Å². The van der Waals surface area contributed by atoms with E-state index in [0.29, 0.717) is 45.5 Å². The van der Waals surface area contributed by atoms with Gasteiger partial charge in [-0.05, 0) is 68.4 Å². The average molecular weight is 470 g/mol. The highest BCUT2D eigenvalue weighted by atomic mass is 35.5. The fourth-order valence-electron chi connectivity index (χ4n) is 3.89. The summed E-state index contributed by atoms with van der Waals surface area (Å²) in [5.74, 6) is 1.26. The van der Waals surface area contributed by atoms with Crippen molar-refractivity contribution in [2.24, 2.45) is 0 Å². The summed E-state index contributed by atoms with van der Waals surface area (Å²) in [4.78, 5) is 22.2. The number of aromatic nitrogens is 2. The van der Waals surface area contributed by atoms with Crippen LogP contribution in [0.5, 0.6) is 11.5 Å². The Morgan fingerprint density at radius 2 is 2.12 bits per heavy atom. The Bertz CT molecular complexity index is 1290. The van der Waals surface area contributed by atoms with Crippen LogP contribution >= 0.6 is 22.9 Å². The van der Waals surface area contributed by atoms with Crippen LogP contribution in [0, 0.1) is 11.3 Å².